The summed E-state index contributed by atoms with van der Waals surface area (Å²) < 4.78 is 5.35. The van der Waals surface area contributed by atoms with Gasteiger partial charge in [-0.05, 0) is 38.9 Å². The summed E-state index contributed by atoms with van der Waals surface area (Å²) in [6, 6.07) is 9.63. The molecule has 6 nitrogen and oxygen atoms in total. The zero-order chi connectivity index (χ0) is 18.5. The second-order valence-corrected chi connectivity index (χ2v) is 7.35. The molecule has 27 heavy (non-hydrogen) atoms. The van der Waals surface area contributed by atoms with Gasteiger partial charge in [-0.1, -0.05) is 6.07 Å². The minimum Gasteiger partial charge on any atom is -0.497 e. The van der Waals surface area contributed by atoms with Crippen molar-refractivity contribution in [3.8, 4) is 5.75 Å². The van der Waals surface area contributed by atoms with Crippen molar-refractivity contribution in [2.45, 2.75) is 31.8 Å². The number of hydrogen-bond donors (Lipinski definition) is 1. The highest BCUT2D eigenvalue weighted by Gasteiger charge is 2.29. The van der Waals surface area contributed by atoms with Gasteiger partial charge in [-0.3, -0.25) is 9.89 Å². The average molecular weight is 487 g/mol. The number of anilines is 1. The number of ether oxygens (including phenoxy) is 1. The summed E-state index contributed by atoms with van der Waals surface area (Å²) in [7, 11) is 5.83. The van der Waals surface area contributed by atoms with E-state index >= 15 is 0 Å². The van der Waals surface area contributed by atoms with E-state index in [4.69, 9.17) is 4.74 Å². The summed E-state index contributed by atoms with van der Waals surface area (Å²) in [5.74, 6) is 1.93. The molecule has 1 atom stereocenters. The number of methoxy groups -OCH3 is 1. The van der Waals surface area contributed by atoms with Gasteiger partial charge in [0, 0.05) is 63.6 Å². The number of hydrogen-bond acceptors (Lipinski definition) is 4. The van der Waals surface area contributed by atoms with Gasteiger partial charge in [-0.2, -0.15) is 0 Å². The van der Waals surface area contributed by atoms with E-state index in [0.717, 1.165) is 50.5 Å². The SMILES string of the molecule is CN=C(NCC(C)N(C)C1CC1)N1CCN(c2cccc(OC)c2)CC1.I. The number of rotatable bonds is 6. The van der Waals surface area contributed by atoms with Crippen molar-refractivity contribution >= 4 is 35.6 Å². The van der Waals surface area contributed by atoms with Crippen LogP contribution in [-0.4, -0.2) is 81.8 Å². The number of aliphatic imine (C=N–C) groups is 1. The molecule has 2 fully saturated rings. The standard InChI is InChI=1S/C20H33N5O.HI/c1-16(23(3)17-8-9-17)15-22-20(21-2)25-12-10-24(11-13-25)18-6-5-7-19(14-18)26-4;/h5-7,14,16-17H,8-13,15H2,1-4H3,(H,21,22);1H. The van der Waals surface area contributed by atoms with Crippen LogP contribution in [0.15, 0.2) is 29.3 Å². The minimum atomic E-state index is 0. The number of halogens is 1. The van der Waals surface area contributed by atoms with Crippen LogP contribution >= 0.6 is 24.0 Å². The Hall–Kier alpha value is -1.22. The van der Waals surface area contributed by atoms with Gasteiger partial charge in [-0.25, -0.2) is 0 Å². The van der Waals surface area contributed by atoms with Crippen LogP contribution in [0.3, 0.4) is 0 Å². The number of piperazine rings is 1. The second kappa shape index (κ2) is 10.4. The van der Waals surface area contributed by atoms with Crippen LogP contribution in [0.1, 0.15) is 19.8 Å². The Bertz CT molecular complexity index is 614. The van der Waals surface area contributed by atoms with Crippen molar-refractivity contribution in [3.05, 3.63) is 24.3 Å². The van der Waals surface area contributed by atoms with E-state index in [1.807, 2.05) is 13.1 Å². The molecule has 1 aromatic rings. The third kappa shape index (κ3) is 5.88. The van der Waals surface area contributed by atoms with E-state index < -0.39 is 0 Å². The van der Waals surface area contributed by atoms with E-state index in [-0.39, 0.29) is 24.0 Å². The molecule has 152 valence electrons. The zero-order valence-corrected chi connectivity index (χ0v) is 19.3. The summed E-state index contributed by atoms with van der Waals surface area (Å²) >= 11 is 0. The van der Waals surface area contributed by atoms with Crippen molar-refractivity contribution in [1.82, 2.24) is 15.1 Å². The van der Waals surface area contributed by atoms with Crippen molar-refractivity contribution in [1.29, 1.82) is 0 Å². The first-order chi connectivity index (χ1) is 12.6. The average Bonchev–Trinajstić information content (AvgIpc) is 3.53. The summed E-state index contributed by atoms with van der Waals surface area (Å²) in [6.07, 6.45) is 2.70. The summed E-state index contributed by atoms with van der Waals surface area (Å²) in [6.45, 7) is 7.17. The first-order valence-corrected chi connectivity index (χ1v) is 9.69. The molecule has 1 aromatic carbocycles. The maximum absolute atomic E-state index is 5.35. The van der Waals surface area contributed by atoms with Gasteiger partial charge in [0.15, 0.2) is 5.96 Å². The van der Waals surface area contributed by atoms with Crippen LogP contribution in [0.25, 0.3) is 0 Å². The first-order valence-electron chi connectivity index (χ1n) is 9.69. The van der Waals surface area contributed by atoms with E-state index in [9.17, 15) is 0 Å². The highest BCUT2D eigenvalue weighted by molar-refractivity contribution is 14.0. The summed E-state index contributed by atoms with van der Waals surface area (Å²) in [5, 5.41) is 3.57. The predicted octanol–water partition coefficient (Wildman–Crippen LogP) is 2.49. The lowest BCUT2D eigenvalue weighted by atomic mass is 10.2. The number of nitrogens with zero attached hydrogens (tertiary/aromatic N) is 4. The smallest absolute Gasteiger partial charge is 0.193 e. The second-order valence-electron chi connectivity index (χ2n) is 7.35. The van der Waals surface area contributed by atoms with Gasteiger partial charge in [0.1, 0.15) is 5.75 Å². The van der Waals surface area contributed by atoms with Gasteiger partial charge in [0.2, 0.25) is 0 Å². The first kappa shape index (κ1) is 22.1. The molecule has 1 aliphatic heterocycles. The lowest BCUT2D eigenvalue weighted by Crippen LogP contribution is -2.54. The van der Waals surface area contributed by atoms with Gasteiger partial charge in [0.25, 0.3) is 0 Å². The molecule has 3 rings (SSSR count). The third-order valence-electron chi connectivity index (χ3n) is 5.58. The Labute approximate surface area is 181 Å². The molecule has 1 unspecified atom stereocenters. The zero-order valence-electron chi connectivity index (χ0n) is 17.0. The van der Waals surface area contributed by atoms with E-state index in [1.54, 1.807) is 7.11 Å². The summed E-state index contributed by atoms with van der Waals surface area (Å²) in [4.78, 5) is 11.8. The highest BCUT2D eigenvalue weighted by atomic mass is 127. The Balaban J connectivity index is 0.00000261. The molecular weight excluding hydrogens is 453 g/mol. The number of guanidine groups is 1. The van der Waals surface area contributed by atoms with Crippen LogP contribution in [0.4, 0.5) is 5.69 Å². The largest absolute Gasteiger partial charge is 0.497 e. The van der Waals surface area contributed by atoms with Crippen molar-refractivity contribution in [2.75, 3.05) is 58.8 Å². The van der Waals surface area contributed by atoms with Gasteiger partial charge < -0.3 is 19.9 Å². The molecule has 0 bridgehead atoms. The number of benzene rings is 1. The van der Waals surface area contributed by atoms with Crippen LogP contribution in [-0.2, 0) is 0 Å². The fraction of sp³-hybridized carbons (Fsp3) is 0.650. The monoisotopic (exact) mass is 487 g/mol. The maximum atomic E-state index is 5.35. The van der Waals surface area contributed by atoms with Gasteiger partial charge >= 0.3 is 0 Å². The number of nitrogens with one attached hydrogen (secondary N) is 1. The van der Waals surface area contributed by atoms with E-state index in [2.05, 4.69) is 57.2 Å². The molecule has 0 aromatic heterocycles. The van der Waals surface area contributed by atoms with Crippen molar-refractivity contribution in [3.63, 3.8) is 0 Å². The highest BCUT2D eigenvalue weighted by Crippen LogP contribution is 2.26. The van der Waals surface area contributed by atoms with E-state index in [0.29, 0.717) is 6.04 Å². The Kier molecular flexibility index (Phi) is 8.47. The third-order valence-corrected chi connectivity index (χ3v) is 5.58. The van der Waals surface area contributed by atoms with Crippen LogP contribution < -0.4 is 15.0 Å². The maximum Gasteiger partial charge on any atom is 0.193 e. The quantitative estimate of drug-likeness (QED) is 0.380. The Morgan fingerprint density at radius 1 is 1.30 bits per heavy atom. The van der Waals surface area contributed by atoms with Crippen LogP contribution in [0.2, 0.25) is 0 Å². The summed E-state index contributed by atoms with van der Waals surface area (Å²) in [5.41, 5.74) is 1.23. The van der Waals surface area contributed by atoms with Crippen LogP contribution in [0, 0.1) is 0 Å². The molecule has 0 amide bonds. The molecule has 0 radical (unpaired) electrons. The molecule has 1 aliphatic carbocycles. The fourth-order valence-electron chi connectivity index (χ4n) is 3.54. The van der Waals surface area contributed by atoms with Gasteiger partial charge in [0.05, 0.1) is 7.11 Å². The Morgan fingerprint density at radius 2 is 2.00 bits per heavy atom. The molecule has 2 aliphatic rings. The normalized spacial score (nSPS) is 18.9. The molecular formula is C20H34IN5O. The van der Waals surface area contributed by atoms with Crippen molar-refractivity contribution in [2.24, 2.45) is 4.99 Å². The predicted molar refractivity (Wildman–Crippen MR) is 124 cm³/mol. The van der Waals surface area contributed by atoms with Gasteiger partial charge in [-0.15, -0.1) is 24.0 Å². The molecule has 1 heterocycles. The molecule has 1 saturated carbocycles. The molecule has 1 saturated heterocycles. The lowest BCUT2D eigenvalue weighted by Gasteiger charge is -2.38. The lowest BCUT2D eigenvalue weighted by molar-refractivity contribution is 0.245. The molecule has 1 N–H and O–H groups in total. The number of likely N-dealkylation sites (N-methyl/N-ethyl adjacent to an activating group) is 1. The molecule has 0 spiro atoms. The minimum absolute atomic E-state index is 0. The Morgan fingerprint density at radius 3 is 2.59 bits per heavy atom. The topological polar surface area (TPSA) is 43.3 Å². The van der Waals surface area contributed by atoms with Crippen molar-refractivity contribution < 1.29 is 4.74 Å². The van der Waals surface area contributed by atoms with E-state index in [1.165, 1.54) is 18.5 Å². The van der Waals surface area contributed by atoms with Crippen LogP contribution in [0.5, 0.6) is 5.75 Å². The fourth-order valence-corrected chi connectivity index (χ4v) is 3.54. The molecule has 7 heteroatoms.